The molecule has 2 aromatic rings. The number of nitrogens with zero attached hydrogens (tertiary/aromatic N) is 2. The Morgan fingerprint density at radius 3 is 2.26 bits per heavy atom. The van der Waals surface area contributed by atoms with Gasteiger partial charge in [0, 0.05) is 24.4 Å². The van der Waals surface area contributed by atoms with Crippen molar-refractivity contribution in [2.24, 2.45) is 0 Å². The summed E-state index contributed by atoms with van der Waals surface area (Å²) in [5, 5.41) is 2.57. The van der Waals surface area contributed by atoms with Crippen molar-refractivity contribution in [3.63, 3.8) is 0 Å². The average Bonchev–Trinajstić information content (AvgIpc) is 2.65. The molecule has 6 heteroatoms. The standard InChI is InChI=1S/C13H14F3N3/c1-7(2)19-6-8(3)17-13(19)18-12-10(15)4-9(14)5-11(12)16/h4-7H,1-3H3,(H,17,18). The van der Waals surface area contributed by atoms with Crippen molar-refractivity contribution in [3.8, 4) is 0 Å². The molecule has 0 saturated carbocycles. The Balaban J connectivity index is 2.42. The molecule has 1 aromatic heterocycles. The third kappa shape index (κ3) is 2.72. The summed E-state index contributed by atoms with van der Waals surface area (Å²) in [4.78, 5) is 4.16. The Morgan fingerprint density at radius 2 is 1.74 bits per heavy atom. The van der Waals surface area contributed by atoms with Crippen molar-refractivity contribution in [2.45, 2.75) is 26.8 Å². The van der Waals surface area contributed by atoms with Gasteiger partial charge in [0.15, 0.2) is 11.6 Å². The number of hydrogen-bond donors (Lipinski definition) is 1. The number of rotatable bonds is 3. The SMILES string of the molecule is Cc1cn(C(C)C)c(Nc2c(F)cc(F)cc2F)n1. The topological polar surface area (TPSA) is 29.9 Å². The van der Waals surface area contributed by atoms with Crippen LogP contribution in [0.15, 0.2) is 18.3 Å². The first kappa shape index (κ1) is 13.5. The normalized spacial score (nSPS) is 11.1. The molecule has 0 saturated heterocycles. The predicted molar refractivity (Wildman–Crippen MR) is 66.9 cm³/mol. The highest BCUT2D eigenvalue weighted by Gasteiger charge is 2.15. The monoisotopic (exact) mass is 269 g/mol. The van der Waals surface area contributed by atoms with Crippen LogP contribution in [0, 0.1) is 24.4 Å². The van der Waals surface area contributed by atoms with E-state index >= 15 is 0 Å². The summed E-state index contributed by atoms with van der Waals surface area (Å²) in [6, 6.07) is 1.33. The first-order valence-corrected chi connectivity index (χ1v) is 5.85. The first-order valence-electron chi connectivity index (χ1n) is 5.85. The Kier molecular flexibility index (Phi) is 3.50. The maximum atomic E-state index is 13.6. The molecule has 0 amide bonds. The van der Waals surface area contributed by atoms with E-state index in [1.54, 1.807) is 17.7 Å². The van der Waals surface area contributed by atoms with Gasteiger partial charge in [-0.05, 0) is 20.8 Å². The molecule has 0 unspecified atom stereocenters. The number of aromatic nitrogens is 2. The number of nitrogens with one attached hydrogen (secondary N) is 1. The number of halogens is 3. The van der Waals surface area contributed by atoms with Gasteiger partial charge in [-0.15, -0.1) is 0 Å². The van der Waals surface area contributed by atoms with Crippen molar-refractivity contribution in [1.82, 2.24) is 9.55 Å². The highest BCUT2D eigenvalue weighted by Crippen LogP contribution is 2.25. The lowest BCUT2D eigenvalue weighted by atomic mass is 10.3. The Labute approximate surface area is 109 Å². The Bertz CT molecular complexity index is 582. The summed E-state index contributed by atoms with van der Waals surface area (Å²) in [7, 11) is 0. The summed E-state index contributed by atoms with van der Waals surface area (Å²) in [6.45, 7) is 5.62. The Morgan fingerprint density at radius 1 is 1.16 bits per heavy atom. The van der Waals surface area contributed by atoms with Crippen molar-refractivity contribution in [1.29, 1.82) is 0 Å². The van der Waals surface area contributed by atoms with E-state index < -0.39 is 23.1 Å². The fraction of sp³-hybridized carbons (Fsp3) is 0.308. The summed E-state index contributed by atoms with van der Waals surface area (Å²) >= 11 is 0. The molecule has 0 aliphatic heterocycles. The third-order valence-corrected chi connectivity index (χ3v) is 2.65. The molecule has 3 nitrogen and oxygen atoms in total. The maximum absolute atomic E-state index is 13.6. The molecule has 0 radical (unpaired) electrons. The van der Waals surface area contributed by atoms with Gasteiger partial charge >= 0.3 is 0 Å². The van der Waals surface area contributed by atoms with Crippen molar-refractivity contribution < 1.29 is 13.2 Å². The highest BCUT2D eigenvalue weighted by molar-refractivity contribution is 5.56. The second kappa shape index (κ2) is 4.95. The average molecular weight is 269 g/mol. The van der Waals surface area contributed by atoms with Crippen molar-refractivity contribution >= 4 is 11.6 Å². The molecule has 19 heavy (non-hydrogen) atoms. The molecule has 1 heterocycles. The second-order valence-corrected chi connectivity index (χ2v) is 4.58. The van der Waals surface area contributed by atoms with E-state index in [2.05, 4.69) is 10.3 Å². The van der Waals surface area contributed by atoms with E-state index in [0.717, 1.165) is 5.69 Å². The van der Waals surface area contributed by atoms with E-state index in [4.69, 9.17) is 0 Å². The van der Waals surface area contributed by atoms with E-state index in [-0.39, 0.29) is 6.04 Å². The molecule has 0 atom stereocenters. The lowest BCUT2D eigenvalue weighted by Gasteiger charge is -2.13. The smallest absolute Gasteiger partial charge is 0.207 e. The van der Waals surface area contributed by atoms with Crippen LogP contribution in [0.5, 0.6) is 0 Å². The van der Waals surface area contributed by atoms with E-state index in [0.29, 0.717) is 18.1 Å². The summed E-state index contributed by atoms with van der Waals surface area (Å²) in [6.07, 6.45) is 1.77. The number of imidazole rings is 1. The van der Waals surface area contributed by atoms with Crippen LogP contribution in [0.3, 0.4) is 0 Å². The molecular weight excluding hydrogens is 255 g/mol. The van der Waals surface area contributed by atoms with Crippen LogP contribution in [0.4, 0.5) is 24.8 Å². The van der Waals surface area contributed by atoms with E-state index in [9.17, 15) is 13.2 Å². The maximum Gasteiger partial charge on any atom is 0.207 e. The van der Waals surface area contributed by atoms with Gasteiger partial charge in [0.25, 0.3) is 0 Å². The van der Waals surface area contributed by atoms with Gasteiger partial charge in [0.1, 0.15) is 11.5 Å². The summed E-state index contributed by atoms with van der Waals surface area (Å²) in [5.74, 6) is -2.62. The number of benzene rings is 1. The van der Waals surface area contributed by atoms with Gasteiger partial charge in [-0.25, -0.2) is 18.2 Å². The van der Waals surface area contributed by atoms with Crippen molar-refractivity contribution in [2.75, 3.05) is 5.32 Å². The molecule has 1 N–H and O–H groups in total. The van der Waals surface area contributed by atoms with Gasteiger partial charge in [-0.2, -0.15) is 0 Å². The van der Waals surface area contributed by atoms with Crippen LogP contribution in [0.25, 0.3) is 0 Å². The van der Waals surface area contributed by atoms with Crippen LogP contribution in [0.2, 0.25) is 0 Å². The van der Waals surface area contributed by atoms with Crippen LogP contribution in [-0.2, 0) is 0 Å². The van der Waals surface area contributed by atoms with Crippen LogP contribution in [0.1, 0.15) is 25.6 Å². The molecule has 0 aliphatic carbocycles. The van der Waals surface area contributed by atoms with Gasteiger partial charge in [0.2, 0.25) is 5.95 Å². The zero-order chi connectivity index (χ0) is 14.2. The molecule has 0 aliphatic rings. The van der Waals surface area contributed by atoms with Crippen molar-refractivity contribution in [3.05, 3.63) is 41.5 Å². The minimum atomic E-state index is -0.992. The van der Waals surface area contributed by atoms with Crippen LogP contribution in [-0.4, -0.2) is 9.55 Å². The number of aryl methyl sites for hydroxylation is 1. The largest absolute Gasteiger partial charge is 0.321 e. The van der Waals surface area contributed by atoms with Gasteiger partial charge in [-0.3, -0.25) is 0 Å². The molecule has 0 fully saturated rings. The van der Waals surface area contributed by atoms with Gasteiger partial charge in [-0.1, -0.05) is 0 Å². The highest BCUT2D eigenvalue weighted by atomic mass is 19.1. The predicted octanol–water partition coefficient (Wildman–Crippen LogP) is 3.93. The van der Waals surface area contributed by atoms with Gasteiger partial charge < -0.3 is 9.88 Å². The quantitative estimate of drug-likeness (QED) is 0.914. The zero-order valence-corrected chi connectivity index (χ0v) is 10.8. The molecule has 0 bridgehead atoms. The number of hydrogen-bond acceptors (Lipinski definition) is 2. The zero-order valence-electron chi connectivity index (χ0n) is 10.8. The fourth-order valence-corrected chi connectivity index (χ4v) is 1.78. The van der Waals surface area contributed by atoms with E-state index in [1.165, 1.54) is 0 Å². The van der Waals surface area contributed by atoms with E-state index in [1.807, 2.05) is 13.8 Å². The molecule has 0 spiro atoms. The summed E-state index contributed by atoms with van der Waals surface area (Å²) in [5.41, 5.74) is 0.313. The lowest BCUT2D eigenvalue weighted by Crippen LogP contribution is -2.07. The van der Waals surface area contributed by atoms with Crippen LogP contribution < -0.4 is 5.32 Å². The molecule has 102 valence electrons. The Hall–Kier alpha value is -1.98. The first-order chi connectivity index (χ1) is 8.88. The third-order valence-electron chi connectivity index (χ3n) is 2.65. The second-order valence-electron chi connectivity index (χ2n) is 4.58. The summed E-state index contributed by atoms with van der Waals surface area (Å²) < 4.78 is 41.7. The molecule has 1 aromatic carbocycles. The molecule has 2 rings (SSSR count). The number of anilines is 2. The van der Waals surface area contributed by atoms with Gasteiger partial charge in [0.05, 0.1) is 5.69 Å². The fourth-order valence-electron chi connectivity index (χ4n) is 1.78. The molecular formula is C13H14F3N3. The lowest BCUT2D eigenvalue weighted by molar-refractivity contribution is 0.547. The minimum Gasteiger partial charge on any atom is -0.321 e. The minimum absolute atomic E-state index is 0.0790. The van der Waals surface area contributed by atoms with Crippen LogP contribution >= 0.6 is 0 Å².